The van der Waals surface area contributed by atoms with Crippen LogP contribution in [-0.2, 0) is 20.8 Å². The average Bonchev–Trinajstić information content (AvgIpc) is 2.77. The molecule has 4 N–H and O–H groups in total. The Hall–Kier alpha value is -2.09. The number of cyclic esters (lactones) is 1. The zero-order valence-corrected chi connectivity index (χ0v) is 11.1. The van der Waals surface area contributed by atoms with Gasteiger partial charge in [-0.15, -0.1) is 0 Å². The van der Waals surface area contributed by atoms with Gasteiger partial charge in [0.25, 0.3) is 0 Å². The first-order valence-electron chi connectivity index (χ1n) is 6.36. The Morgan fingerprint density at radius 2 is 1.95 bits per heavy atom. The van der Waals surface area contributed by atoms with Crippen molar-refractivity contribution in [2.75, 3.05) is 6.61 Å². The Labute approximate surface area is 120 Å². The van der Waals surface area contributed by atoms with Crippen LogP contribution in [0.15, 0.2) is 41.9 Å². The van der Waals surface area contributed by atoms with Gasteiger partial charge >= 0.3 is 5.97 Å². The summed E-state index contributed by atoms with van der Waals surface area (Å²) in [6.45, 7) is -0.734. The van der Waals surface area contributed by atoms with Crippen molar-refractivity contribution in [3.05, 3.63) is 47.4 Å². The minimum absolute atomic E-state index is 0.0183. The van der Waals surface area contributed by atoms with Gasteiger partial charge in [-0.05, 0) is 12.0 Å². The predicted molar refractivity (Wildman–Crippen MR) is 70.0 cm³/mol. The van der Waals surface area contributed by atoms with Crippen molar-refractivity contribution in [3.8, 4) is 0 Å². The van der Waals surface area contributed by atoms with Crippen LogP contribution in [0, 0.1) is 0 Å². The number of aliphatic hydroxyl groups is 3. The SMILES string of the molecule is O=C1O[C@](CCc2ccccc2)([C@@H](O)CO)C(OO)=C1O. The van der Waals surface area contributed by atoms with Gasteiger partial charge in [0, 0.05) is 6.42 Å². The molecule has 2 rings (SSSR count). The van der Waals surface area contributed by atoms with Crippen LogP contribution in [-0.4, -0.2) is 44.9 Å². The van der Waals surface area contributed by atoms with E-state index in [0.29, 0.717) is 6.42 Å². The fraction of sp³-hybridized carbons (Fsp3) is 0.357. The number of hydrogen-bond acceptors (Lipinski definition) is 7. The van der Waals surface area contributed by atoms with E-state index in [9.17, 15) is 15.0 Å². The van der Waals surface area contributed by atoms with Crippen molar-refractivity contribution in [2.24, 2.45) is 0 Å². The van der Waals surface area contributed by atoms with E-state index < -0.39 is 35.8 Å². The van der Waals surface area contributed by atoms with Crippen molar-refractivity contribution >= 4 is 5.97 Å². The van der Waals surface area contributed by atoms with Crippen LogP contribution in [0.3, 0.4) is 0 Å². The normalized spacial score (nSPS) is 23.1. The molecule has 1 aromatic rings. The van der Waals surface area contributed by atoms with Crippen molar-refractivity contribution < 1.29 is 35.0 Å². The number of esters is 1. The maximum Gasteiger partial charge on any atom is 0.378 e. The van der Waals surface area contributed by atoms with E-state index in [2.05, 4.69) is 4.89 Å². The first-order valence-corrected chi connectivity index (χ1v) is 6.36. The highest BCUT2D eigenvalue weighted by molar-refractivity contribution is 5.90. The molecule has 0 fully saturated rings. The molecule has 0 spiro atoms. The lowest BCUT2D eigenvalue weighted by Gasteiger charge is -2.32. The van der Waals surface area contributed by atoms with Crippen molar-refractivity contribution in [3.63, 3.8) is 0 Å². The fourth-order valence-corrected chi connectivity index (χ4v) is 2.35. The molecule has 0 saturated carbocycles. The molecule has 7 heteroatoms. The van der Waals surface area contributed by atoms with Crippen LogP contribution in [0.4, 0.5) is 0 Å². The predicted octanol–water partition coefficient (Wildman–Crippen LogP) is 0.527. The summed E-state index contributed by atoms with van der Waals surface area (Å²) in [5, 5.41) is 37.6. The third kappa shape index (κ3) is 2.71. The zero-order chi connectivity index (χ0) is 15.5. The first-order chi connectivity index (χ1) is 10.0. The van der Waals surface area contributed by atoms with Crippen LogP contribution in [0.25, 0.3) is 0 Å². The second-order valence-electron chi connectivity index (χ2n) is 4.73. The summed E-state index contributed by atoms with van der Waals surface area (Å²) >= 11 is 0. The summed E-state index contributed by atoms with van der Waals surface area (Å²) in [7, 11) is 0. The zero-order valence-electron chi connectivity index (χ0n) is 11.1. The Morgan fingerprint density at radius 3 is 2.52 bits per heavy atom. The molecule has 0 aromatic heterocycles. The molecular weight excluding hydrogens is 280 g/mol. The number of aliphatic hydroxyl groups excluding tert-OH is 3. The molecule has 114 valence electrons. The number of carbonyl (C=O) groups is 1. The first kappa shape index (κ1) is 15.3. The van der Waals surface area contributed by atoms with Gasteiger partial charge in [0.15, 0.2) is 0 Å². The molecule has 0 radical (unpaired) electrons. The summed E-state index contributed by atoms with van der Waals surface area (Å²) < 4.78 is 4.98. The van der Waals surface area contributed by atoms with Crippen molar-refractivity contribution in [2.45, 2.75) is 24.5 Å². The molecule has 1 aromatic carbocycles. The Balaban J connectivity index is 2.29. The summed E-state index contributed by atoms with van der Waals surface area (Å²) in [4.78, 5) is 15.5. The molecule has 1 aliphatic rings. The molecule has 0 amide bonds. The molecule has 2 atom stereocenters. The smallest absolute Gasteiger partial charge is 0.378 e. The highest BCUT2D eigenvalue weighted by atomic mass is 17.1. The Morgan fingerprint density at radius 1 is 1.29 bits per heavy atom. The topological polar surface area (TPSA) is 116 Å². The monoisotopic (exact) mass is 296 g/mol. The van der Waals surface area contributed by atoms with Crippen LogP contribution >= 0.6 is 0 Å². The summed E-state index contributed by atoms with van der Waals surface area (Å²) in [5.74, 6) is -2.64. The molecule has 0 bridgehead atoms. The quantitative estimate of drug-likeness (QED) is 0.343. The van der Waals surface area contributed by atoms with Crippen molar-refractivity contribution in [1.29, 1.82) is 0 Å². The van der Waals surface area contributed by atoms with Gasteiger partial charge in [0.1, 0.15) is 6.10 Å². The number of hydrogen-bond donors (Lipinski definition) is 4. The number of ether oxygens (including phenoxy) is 1. The number of rotatable bonds is 6. The molecule has 0 aliphatic carbocycles. The van der Waals surface area contributed by atoms with Gasteiger partial charge in [0.2, 0.25) is 17.1 Å². The van der Waals surface area contributed by atoms with Gasteiger partial charge in [0.05, 0.1) is 6.61 Å². The number of benzene rings is 1. The van der Waals surface area contributed by atoms with Crippen molar-refractivity contribution in [1.82, 2.24) is 0 Å². The van der Waals surface area contributed by atoms with Crippen LogP contribution in [0.1, 0.15) is 12.0 Å². The highest BCUT2D eigenvalue weighted by Gasteiger charge is 2.55. The summed E-state index contributed by atoms with van der Waals surface area (Å²) in [6.07, 6.45) is -1.16. The highest BCUT2D eigenvalue weighted by Crippen LogP contribution is 2.39. The van der Waals surface area contributed by atoms with Crippen LogP contribution in [0.2, 0.25) is 0 Å². The minimum atomic E-state index is -1.82. The average molecular weight is 296 g/mol. The van der Waals surface area contributed by atoms with E-state index in [0.717, 1.165) is 5.56 Å². The van der Waals surface area contributed by atoms with Gasteiger partial charge in [-0.3, -0.25) is 0 Å². The standard InChI is InChI=1S/C14H16O7/c15-8-10(16)14(7-6-9-4-2-1-3-5-9)12(21-19)11(17)13(18)20-14/h1-5,10,15-17,19H,6-8H2/t10-,14+/m0/s1. The maximum absolute atomic E-state index is 11.5. The molecule has 7 nitrogen and oxygen atoms in total. The van der Waals surface area contributed by atoms with Gasteiger partial charge in [-0.2, -0.15) is 0 Å². The minimum Gasteiger partial charge on any atom is -0.499 e. The number of carbonyl (C=O) groups excluding carboxylic acids is 1. The lowest BCUT2D eigenvalue weighted by atomic mass is 9.88. The molecule has 21 heavy (non-hydrogen) atoms. The second-order valence-corrected chi connectivity index (χ2v) is 4.73. The van der Waals surface area contributed by atoms with Gasteiger partial charge in [-0.25, -0.2) is 10.1 Å². The van der Waals surface area contributed by atoms with E-state index in [4.69, 9.17) is 15.1 Å². The molecule has 0 unspecified atom stereocenters. The summed E-state index contributed by atoms with van der Waals surface area (Å²) in [6, 6.07) is 9.15. The second kappa shape index (κ2) is 6.13. The Kier molecular flexibility index (Phi) is 4.46. The van der Waals surface area contributed by atoms with Gasteiger partial charge < -0.3 is 24.9 Å². The van der Waals surface area contributed by atoms with Crippen LogP contribution < -0.4 is 0 Å². The van der Waals surface area contributed by atoms with E-state index in [1.807, 2.05) is 30.3 Å². The van der Waals surface area contributed by atoms with E-state index in [1.54, 1.807) is 0 Å². The third-order valence-corrected chi connectivity index (χ3v) is 3.50. The number of aryl methyl sites for hydroxylation is 1. The third-order valence-electron chi connectivity index (χ3n) is 3.50. The summed E-state index contributed by atoms with van der Waals surface area (Å²) in [5.41, 5.74) is -0.928. The largest absolute Gasteiger partial charge is 0.499 e. The van der Waals surface area contributed by atoms with Gasteiger partial charge in [-0.1, -0.05) is 30.3 Å². The van der Waals surface area contributed by atoms with E-state index in [-0.39, 0.29) is 6.42 Å². The van der Waals surface area contributed by atoms with E-state index >= 15 is 0 Å². The van der Waals surface area contributed by atoms with Crippen LogP contribution in [0.5, 0.6) is 0 Å². The molecule has 1 aliphatic heterocycles. The lowest BCUT2D eigenvalue weighted by Crippen LogP contribution is -2.47. The molecule has 0 saturated heterocycles. The molecule has 1 heterocycles. The maximum atomic E-state index is 11.5. The molecular formula is C14H16O7. The fourth-order valence-electron chi connectivity index (χ4n) is 2.35. The van der Waals surface area contributed by atoms with E-state index in [1.165, 1.54) is 0 Å². The lowest BCUT2D eigenvalue weighted by molar-refractivity contribution is -0.240. The Bertz CT molecular complexity index is 540.